The third-order valence-corrected chi connectivity index (χ3v) is 5.48. The highest BCUT2D eigenvalue weighted by atomic mass is 16.5. The molecule has 1 aliphatic heterocycles. The molecule has 7 nitrogen and oxygen atoms in total. The second kappa shape index (κ2) is 7.26. The zero-order valence-corrected chi connectivity index (χ0v) is 16.1. The fraction of sp³-hybridized carbons (Fsp3) is 0.474. The summed E-state index contributed by atoms with van der Waals surface area (Å²) >= 11 is 0. The van der Waals surface area contributed by atoms with Crippen LogP contribution in [0, 0.1) is 22.7 Å². The van der Waals surface area contributed by atoms with Crippen LogP contribution in [0.15, 0.2) is 18.3 Å². The minimum atomic E-state index is -1.32. The Morgan fingerprint density at radius 2 is 1.89 bits per heavy atom. The number of ether oxygens (including phenoxy) is 2. The zero-order chi connectivity index (χ0) is 19.8. The van der Waals surface area contributed by atoms with E-state index in [2.05, 4.69) is 16.0 Å². The molecule has 0 saturated carbocycles. The number of nitriles is 1. The van der Waals surface area contributed by atoms with E-state index in [1.165, 1.54) is 0 Å². The van der Waals surface area contributed by atoms with E-state index in [1.54, 1.807) is 20.4 Å². The Bertz CT molecular complexity index is 889. The highest BCUT2D eigenvalue weighted by Gasteiger charge is 2.41. The summed E-state index contributed by atoms with van der Waals surface area (Å²) in [4.78, 5) is 6.54. The van der Waals surface area contributed by atoms with E-state index < -0.39 is 7.12 Å². The molecule has 1 aromatic carbocycles. The molecular formula is C19H24BN3O4. The maximum Gasteiger partial charge on any atom is 0.451 e. The summed E-state index contributed by atoms with van der Waals surface area (Å²) in [6, 6.07) is 5.89. The molecule has 1 aliphatic rings. The van der Waals surface area contributed by atoms with E-state index >= 15 is 0 Å². The van der Waals surface area contributed by atoms with Gasteiger partial charge in [-0.05, 0) is 23.7 Å². The molecule has 1 saturated heterocycles. The Hall–Kier alpha value is -2.50. The Morgan fingerprint density at radius 3 is 2.44 bits per heavy atom. The number of benzene rings is 1. The lowest BCUT2D eigenvalue weighted by molar-refractivity contribution is 0.182. The molecule has 0 radical (unpaired) electrons. The molecule has 2 aromatic rings. The van der Waals surface area contributed by atoms with E-state index in [9.17, 15) is 15.3 Å². The molecule has 8 heteroatoms. The van der Waals surface area contributed by atoms with Gasteiger partial charge >= 0.3 is 7.12 Å². The third kappa shape index (κ3) is 3.53. The van der Waals surface area contributed by atoms with E-state index in [-0.39, 0.29) is 5.41 Å². The van der Waals surface area contributed by atoms with Crippen LogP contribution in [0.5, 0.6) is 11.5 Å². The van der Waals surface area contributed by atoms with Crippen LogP contribution >= 0.6 is 0 Å². The molecule has 0 unspecified atom stereocenters. The minimum Gasteiger partial charge on any atom is -0.493 e. The molecule has 3 rings (SSSR count). The van der Waals surface area contributed by atoms with E-state index in [4.69, 9.17) is 9.47 Å². The third-order valence-electron chi connectivity index (χ3n) is 5.48. The van der Waals surface area contributed by atoms with Crippen molar-refractivity contribution in [1.82, 2.24) is 4.98 Å². The SMILES string of the molecule is COc1cc2ncc(C#N)c(N3CC(C(C)(C)CB(O)O)C3)c2cc1OC. The van der Waals surface area contributed by atoms with Crippen molar-refractivity contribution in [3.05, 3.63) is 23.9 Å². The summed E-state index contributed by atoms with van der Waals surface area (Å²) in [5.74, 6) is 1.48. The average molecular weight is 369 g/mol. The van der Waals surface area contributed by atoms with Crippen LogP contribution < -0.4 is 14.4 Å². The van der Waals surface area contributed by atoms with Crippen LogP contribution in [0.1, 0.15) is 19.4 Å². The van der Waals surface area contributed by atoms with Crippen LogP contribution in [-0.4, -0.2) is 49.5 Å². The van der Waals surface area contributed by atoms with Gasteiger partial charge < -0.3 is 24.4 Å². The lowest BCUT2D eigenvalue weighted by Gasteiger charge is -2.49. The van der Waals surface area contributed by atoms with Crippen LogP contribution in [0.25, 0.3) is 10.9 Å². The fourth-order valence-corrected chi connectivity index (χ4v) is 3.72. The molecular weight excluding hydrogens is 345 g/mol. The number of nitrogens with zero attached hydrogens (tertiary/aromatic N) is 3. The number of methoxy groups -OCH3 is 2. The summed E-state index contributed by atoms with van der Waals surface area (Å²) in [6.07, 6.45) is 1.90. The molecule has 0 bridgehead atoms. The molecule has 0 atom stereocenters. The number of hydrogen-bond acceptors (Lipinski definition) is 7. The van der Waals surface area contributed by atoms with Crippen LogP contribution in [0.3, 0.4) is 0 Å². The molecule has 2 heterocycles. The largest absolute Gasteiger partial charge is 0.493 e. The smallest absolute Gasteiger partial charge is 0.451 e. The molecule has 1 fully saturated rings. The standard InChI is InChI=1S/C19H24BN3O4/c1-19(2,11-20(24)25)13-9-23(10-13)18-12(7-21)8-22-15-6-17(27-4)16(26-3)5-14(15)18/h5-6,8,13,24-25H,9-11H2,1-4H3. The van der Waals surface area contributed by atoms with Gasteiger partial charge in [-0.1, -0.05) is 13.8 Å². The van der Waals surface area contributed by atoms with Crippen molar-refractivity contribution in [2.24, 2.45) is 11.3 Å². The maximum absolute atomic E-state index is 9.58. The van der Waals surface area contributed by atoms with Gasteiger partial charge in [-0.25, -0.2) is 0 Å². The van der Waals surface area contributed by atoms with Gasteiger partial charge in [0.1, 0.15) is 6.07 Å². The molecule has 2 N–H and O–H groups in total. The number of aromatic nitrogens is 1. The van der Waals surface area contributed by atoms with Crippen LogP contribution in [0.4, 0.5) is 5.69 Å². The van der Waals surface area contributed by atoms with Gasteiger partial charge in [0.05, 0.1) is 31.0 Å². The van der Waals surface area contributed by atoms with Gasteiger partial charge in [0.15, 0.2) is 11.5 Å². The second-order valence-electron chi connectivity index (χ2n) is 7.63. The summed E-state index contributed by atoms with van der Waals surface area (Å²) in [5, 5.41) is 29.1. The molecule has 0 spiro atoms. The van der Waals surface area contributed by atoms with Gasteiger partial charge in [0, 0.05) is 30.7 Å². The molecule has 27 heavy (non-hydrogen) atoms. The summed E-state index contributed by atoms with van der Waals surface area (Å²) in [6.45, 7) is 5.56. The summed E-state index contributed by atoms with van der Waals surface area (Å²) in [5.41, 5.74) is 1.87. The lowest BCUT2D eigenvalue weighted by atomic mass is 9.62. The first kappa shape index (κ1) is 19.3. The average Bonchev–Trinajstić information content (AvgIpc) is 2.57. The number of anilines is 1. The highest BCUT2D eigenvalue weighted by molar-refractivity contribution is 6.41. The normalized spacial score (nSPS) is 14.6. The van der Waals surface area contributed by atoms with Gasteiger partial charge in [-0.3, -0.25) is 4.98 Å². The molecule has 0 amide bonds. The van der Waals surface area contributed by atoms with Crippen molar-refractivity contribution in [2.45, 2.75) is 20.2 Å². The summed E-state index contributed by atoms with van der Waals surface area (Å²) in [7, 11) is 1.83. The van der Waals surface area contributed by atoms with Crippen LogP contribution in [-0.2, 0) is 0 Å². The Labute approximate surface area is 159 Å². The number of pyridine rings is 1. The number of fused-ring (bicyclic) bond motifs is 1. The maximum atomic E-state index is 9.58. The quantitative estimate of drug-likeness (QED) is 0.752. The van der Waals surface area contributed by atoms with Gasteiger partial charge in [0.25, 0.3) is 0 Å². The minimum absolute atomic E-state index is 0.207. The summed E-state index contributed by atoms with van der Waals surface area (Å²) < 4.78 is 10.8. The van der Waals surface area contributed by atoms with Crippen LogP contribution in [0.2, 0.25) is 6.32 Å². The van der Waals surface area contributed by atoms with E-state index in [0.29, 0.717) is 29.3 Å². The zero-order valence-electron chi connectivity index (χ0n) is 16.1. The predicted octanol–water partition coefficient (Wildman–Crippen LogP) is 2.06. The van der Waals surface area contributed by atoms with Crippen molar-refractivity contribution in [2.75, 3.05) is 32.2 Å². The van der Waals surface area contributed by atoms with Crippen molar-refractivity contribution in [3.8, 4) is 17.6 Å². The highest BCUT2D eigenvalue weighted by Crippen LogP contribution is 2.44. The first-order chi connectivity index (χ1) is 12.8. The van der Waals surface area contributed by atoms with Crippen molar-refractivity contribution in [1.29, 1.82) is 5.26 Å². The second-order valence-corrected chi connectivity index (χ2v) is 7.63. The Kier molecular flexibility index (Phi) is 5.18. The number of hydrogen-bond donors (Lipinski definition) is 2. The fourth-order valence-electron chi connectivity index (χ4n) is 3.72. The van der Waals surface area contributed by atoms with Crippen molar-refractivity contribution >= 4 is 23.7 Å². The molecule has 0 aliphatic carbocycles. The van der Waals surface area contributed by atoms with Gasteiger partial charge in [0.2, 0.25) is 0 Å². The number of rotatable bonds is 6. The van der Waals surface area contributed by atoms with Crippen molar-refractivity contribution < 1.29 is 19.5 Å². The molecule has 1 aromatic heterocycles. The lowest BCUT2D eigenvalue weighted by Crippen LogP contribution is -2.54. The monoisotopic (exact) mass is 369 g/mol. The first-order valence-electron chi connectivity index (χ1n) is 8.86. The topological polar surface area (TPSA) is 98.8 Å². The Balaban J connectivity index is 1.98. The molecule has 142 valence electrons. The first-order valence-corrected chi connectivity index (χ1v) is 8.86. The van der Waals surface area contributed by atoms with Gasteiger partial charge in [-0.15, -0.1) is 0 Å². The Morgan fingerprint density at radius 1 is 1.26 bits per heavy atom. The van der Waals surface area contributed by atoms with Crippen molar-refractivity contribution in [3.63, 3.8) is 0 Å². The van der Waals surface area contributed by atoms with Gasteiger partial charge in [-0.2, -0.15) is 5.26 Å². The predicted molar refractivity (Wildman–Crippen MR) is 104 cm³/mol. The van der Waals surface area contributed by atoms with E-state index in [0.717, 1.165) is 29.7 Å². The van der Waals surface area contributed by atoms with E-state index in [1.807, 2.05) is 26.0 Å².